The zero-order chi connectivity index (χ0) is 22.3. The highest BCUT2D eigenvalue weighted by Crippen LogP contribution is 2.31. The smallest absolute Gasteiger partial charge is 0.136 e. The third kappa shape index (κ3) is 5.90. The molecule has 3 heterocycles. The van der Waals surface area contributed by atoms with Gasteiger partial charge in [-0.3, -0.25) is 9.69 Å². The highest BCUT2D eigenvalue weighted by molar-refractivity contribution is 6.30. The van der Waals surface area contributed by atoms with Crippen LogP contribution in [0.3, 0.4) is 0 Å². The number of carbonyl (C=O) groups is 1. The van der Waals surface area contributed by atoms with Crippen LogP contribution in [0.1, 0.15) is 74.7 Å². The monoisotopic (exact) mass is 453 g/mol. The first-order chi connectivity index (χ1) is 15.6. The Bertz CT molecular complexity index is 890. The summed E-state index contributed by atoms with van der Waals surface area (Å²) < 4.78 is 0. The predicted molar refractivity (Wildman–Crippen MR) is 132 cm³/mol. The Morgan fingerprint density at radius 1 is 1.16 bits per heavy atom. The Kier molecular flexibility index (Phi) is 8.20. The standard InChI is InChI=1S/C27H36ClN3O/c1-2-25(20-9-12-23(28)13-10-20)31-18-15-21(16-19-31)26(32)8-4-3-7-24-14-11-22-6-5-17-29-27(22)30-24/h9-14,21,25H,2-8,15-19H2,1H3,(H,29,30). The Labute approximate surface area is 197 Å². The number of hydrogen-bond acceptors (Lipinski definition) is 4. The number of Topliss-reactive ketones (excluding diaryl/α,β-unsaturated/α-hetero) is 1. The third-order valence-electron chi connectivity index (χ3n) is 7.13. The summed E-state index contributed by atoms with van der Waals surface area (Å²) in [6, 6.07) is 13.0. The summed E-state index contributed by atoms with van der Waals surface area (Å²) >= 11 is 6.06. The van der Waals surface area contributed by atoms with Crippen LogP contribution >= 0.6 is 11.6 Å². The number of pyridine rings is 1. The van der Waals surface area contributed by atoms with Crippen LogP contribution in [-0.2, 0) is 17.6 Å². The summed E-state index contributed by atoms with van der Waals surface area (Å²) in [6.45, 7) is 5.27. The molecule has 1 fully saturated rings. The van der Waals surface area contributed by atoms with Crippen LogP contribution in [0, 0.1) is 5.92 Å². The van der Waals surface area contributed by atoms with Gasteiger partial charge in [0.1, 0.15) is 11.6 Å². The molecule has 2 aromatic rings. The molecule has 4 nitrogen and oxygen atoms in total. The van der Waals surface area contributed by atoms with Crippen molar-refractivity contribution in [2.75, 3.05) is 25.0 Å². The van der Waals surface area contributed by atoms with E-state index in [4.69, 9.17) is 16.6 Å². The van der Waals surface area contributed by atoms with E-state index in [1.54, 1.807) is 0 Å². The van der Waals surface area contributed by atoms with Crippen LogP contribution in [0.4, 0.5) is 5.82 Å². The molecule has 1 aromatic heterocycles. The summed E-state index contributed by atoms with van der Waals surface area (Å²) in [6.07, 6.45) is 9.03. The van der Waals surface area contributed by atoms with Gasteiger partial charge in [0.25, 0.3) is 0 Å². The van der Waals surface area contributed by atoms with Crippen molar-refractivity contribution in [3.8, 4) is 0 Å². The Hall–Kier alpha value is -1.91. The fourth-order valence-corrected chi connectivity index (χ4v) is 5.37. The number of piperidine rings is 1. The van der Waals surface area contributed by atoms with E-state index >= 15 is 0 Å². The summed E-state index contributed by atoms with van der Waals surface area (Å²) in [5.74, 6) is 1.77. The number of aryl methyl sites for hydroxylation is 2. The van der Waals surface area contributed by atoms with Gasteiger partial charge in [0.05, 0.1) is 0 Å². The van der Waals surface area contributed by atoms with E-state index in [-0.39, 0.29) is 5.92 Å². The lowest BCUT2D eigenvalue weighted by molar-refractivity contribution is -0.124. The van der Waals surface area contributed by atoms with Crippen LogP contribution in [0.15, 0.2) is 36.4 Å². The van der Waals surface area contributed by atoms with Crippen molar-refractivity contribution in [2.45, 2.75) is 70.8 Å². The van der Waals surface area contributed by atoms with Crippen LogP contribution in [0.25, 0.3) is 0 Å². The first kappa shape index (κ1) is 23.3. The van der Waals surface area contributed by atoms with Crippen molar-refractivity contribution in [1.29, 1.82) is 0 Å². The highest BCUT2D eigenvalue weighted by Gasteiger charge is 2.28. The third-order valence-corrected chi connectivity index (χ3v) is 7.38. The molecule has 4 rings (SSSR count). The molecule has 1 unspecified atom stereocenters. The molecular formula is C27H36ClN3O. The number of likely N-dealkylation sites (tertiary alicyclic amines) is 1. The van der Waals surface area contributed by atoms with Crippen LogP contribution < -0.4 is 5.32 Å². The normalized spacial score (nSPS) is 18.1. The average Bonchev–Trinajstić information content (AvgIpc) is 2.83. The topological polar surface area (TPSA) is 45.2 Å². The maximum absolute atomic E-state index is 12.8. The van der Waals surface area contributed by atoms with Gasteiger partial charge in [-0.05, 0) is 93.8 Å². The molecule has 0 aliphatic carbocycles. The molecule has 1 N–H and O–H groups in total. The molecule has 0 bridgehead atoms. The van der Waals surface area contributed by atoms with Crippen molar-refractivity contribution in [3.05, 3.63) is 58.2 Å². The van der Waals surface area contributed by atoms with Gasteiger partial charge in [0.2, 0.25) is 0 Å². The Morgan fingerprint density at radius 2 is 1.94 bits per heavy atom. The highest BCUT2D eigenvalue weighted by atomic mass is 35.5. The second kappa shape index (κ2) is 11.3. The molecule has 0 spiro atoms. The van der Waals surface area contributed by atoms with Gasteiger partial charge in [0.15, 0.2) is 0 Å². The van der Waals surface area contributed by atoms with Gasteiger partial charge >= 0.3 is 0 Å². The average molecular weight is 454 g/mol. The van der Waals surface area contributed by atoms with E-state index < -0.39 is 0 Å². The van der Waals surface area contributed by atoms with E-state index in [0.717, 1.165) is 81.1 Å². The van der Waals surface area contributed by atoms with Gasteiger partial charge in [-0.25, -0.2) is 4.98 Å². The lowest BCUT2D eigenvalue weighted by Crippen LogP contribution is -2.38. The van der Waals surface area contributed by atoms with Crippen molar-refractivity contribution in [2.24, 2.45) is 5.92 Å². The molecule has 0 amide bonds. The number of ketones is 1. The molecule has 0 saturated carbocycles. The minimum Gasteiger partial charge on any atom is -0.370 e. The Morgan fingerprint density at radius 3 is 2.69 bits per heavy atom. The molecule has 0 radical (unpaired) electrons. The van der Waals surface area contributed by atoms with Crippen LogP contribution in [0.5, 0.6) is 0 Å². The number of carbonyl (C=O) groups excluding carboxylic acids is 1. The predicted octanol–water partition coefficient (Wildman–Crippen LogP) is 6.24. The lowest BCUT2D eigenvalue weighted by atomic mass is 9.88. The van der Waals surface area contributed by atoms with E-state index in [1.807, 2.05) is 12.1 Å². The number of benzene rings is 1. The lowest BCUT2D eigenvalue weighted by Gasteiger charge is -2.37. The number of halogens is 1. The first-order valence-corrected chi connectivity index (χ1v) is 12.8. The van der Waals surface area contributed by atoms with Gasteiger partial charge in [-0.2, -0.15) is 0 Å². The number of rotatable bonds is 9. The van der Waals surface area contributed by atoms with Crippen molar-refractivity contribution < 1.29 is 4.79 Å². The molecule has 1 aromatic carbocycles. The van der Waals surface area contributed by atoms with E-state index in [9.17, 15) is 4.79 Å². The second-order valence-corrected chi connectivity index (χ2v) is 9.74. The fraction of sp³-hybridized carbons (Fsp3) is 0.556. The number of nitrogens with one attached hydrogen (secondary N) is 1. The number of unbranched alkanes of at least 4 members (excludes halogenated alkanes) is 1. The number of anilines is 1. The Balaban J connectivity index is 1.19. The molecule has 2 aliphatic heterocycles. The molecule has 5 heteroatoms. The largest absolute Gasteiger partial charge is 0.370 e. The summed E-state index contributed by atoms with van der Waals surface area (Å²) in [7, 11) is 0. The SMILES string of the molecule is CCC(c1ccc(Cl)cc1)N1CCC(C(=O)CCCCc2ccc3c(n2)NCCC3)CC1. The zero-order valence-electron chi connectivity index (χ0n) is 19.3. The second-order valence-electron chi connectivity index (χ2n) is 9.30. The van der Waals surface area contributed by atoms with Crippen LogP contribution in [0.2, 0.25) is 5.02 Å². The van der Waals surface area contributed by atoms with Crippen molar-refractivity contribution in [3.63, 3.8) is 0 Å². The minimum atomic E-state index is 0.236. The fourth-order valence-electron chi connectivity index (χ4n) is 5.24. The molecule has 32 heavy (non-hydrogen) atoms. The quantitative estimate of drug-likeness (QED) is 0.456. The minimum absolute atomic E-state index is 0.236. The van der Waals surface area contributed by atoms with E-state index in [1.165, 1.54) is 17.5 Å². The van der Waals surface area contributed by atoms with Crippen LogP contribution in [-0.4, -0.2) is 35.3 Å². The summed E-state index contributed by atoms with van der Waals surface area (Å²) in [4.78, 5) is 20.1. The molecule has 2 aliphatic rings. The number of aromatic nitrogens is 1. The number of nitrogens with zero attached hydrogens (tertiary/aromatic N) is 2. The maximum atomic E-state index is 12.8. The van der Waals surface area contributed by atoms with Gasteiger partial charge in [-0.1, -0.05) is 36.7 Å². The molecule has 172 valence electrons. The maximum Gasteiger partial charge on any atom is 0.136 e. The van der Waals surface area contributed by atoms with Gasteiger partial charge < -0.3 is 5.32 Å². The summed E-state index contributed by atoms with van der Waals surface area (Å²) in [5, 5.41) is 4.19. The zero-order valence-corrected chi connectivity index (χ0v) is 20.0. The van der Waals surface area contributed by atoms with Crippen molar-refractivity contribution in [1.82, 2.24) is 9.88 Å². The molecule has 1 saturated heterocycles. The van der Waals surface area contributed by atoms with Gasteiger partial charge in [-0.15, -0.1) is 0 Å². The molecular weight excluding hydrogens is 418 g/mol. The number of fused-ring (bicyclic) bond motifs is 1. The number of hydrogen-bond donors (Lipinski definition) is 1. The van der Waals surface area contributed by atoms with E-state index in [0.29, 0.717) is 18.2 Å². The van der Waals surface area contributed by atoms with Gasteiger partial charge in [0, 0.05) is 35.6 Å². The van der Waals surface area contributed by atoms with Crippen molar-refractivity contribution >= 4 is 23.2 Å². The van der Waals surface area contributed by atoms with E-state index in [2.05, 4.69) is 41.4 Å². The summed E-state index contributed by atoms with van der Waals surface area (Å²) in [5.41, 5.74) is 3.81. The molecule has 1 atom stereocenters. The first-order valence-electron chi connectivity index (χ1n) is 12.4.